The number of hydrogen-bond acceptors (Lipinski definition) is 5. The van der Waals surface area contributed by atoms with Crippen LogP contribution in [0, 0.1) is 0 Å². The van der Waals surface area contributed by atoms with E-state index in [-0.39, 0.29) is 0 Å². The van der Waals surface area contributed by atoms with Crippen molar-refractivity contribution in [2.75, 3.05) is 46.6 Å². The predicted octanol–water partition coefficient (Wildman–Crippen LogP) is 7.33. The van der Waals surface area contributed by atoms with Gasteiger partial charge in [-0.05, 0) is 89.6 Å². The van der Waals surface area contributed by atoms with Crippen molar-refractivity contribution in [3.05, 3.63) is 82.9 Å². The minimum atomic E-state index is -0.905. The maximum Gasteiger partial charge on any atom is 0.335 e. The fourth-order valence-electron chi connectivity index (χ4n) is 7.25. The number of nitrogens with zero attached hydrogens (tertiary/aromatic N) is 2. The van der Waals surface area contributed by atoms with E-state index in [1.807, 2.05) is 24.3 Å². The summed E-state index contributed by atoms with van der Waals surface area (Å²) < 4.78 is 19.8. The van der Waals surface area contributed by atoms with Gasteiger partial charge in [-0.3, -0.25) is 4.90 Å². The van der Waals surface area contributed by atoms with Gasteiger partial charge in [-0.1, -0.05) is 37.5 Å². The van der Waals surface area contributed by atoms with Gasteiger partial charge < -0.3 is 23.9 Å². The number of benzene rings is 3. The molecular formula is C37H40N2O5. The number of rotatable bonds is 8. The molecule has 4 aromatic rings. The van der Waals surface area contributed by atoms with Crippen LogP contribution in [0.2, 0.25) is 0 Å². The summed E-state index contributed by atoms with van der Waals surface area (Å²) in [5, 5.41) is 11.1. The first kappa shape index (κ1) is 28.7. The summed E-state index contributed by atoms with van der Waals surface area (Å²) >= 11 is 0. The van der Waals surface area contributed by atoms with Crippen molar-refractivity contribution in [3.63, 3.8) is 0 Å². The average Bonchev–Trinajstić information content (AvgIpc) is 3.28. The molecule has 1 N–H and O–H groups in total. The normalized spacial score (nSPS) is 17.4. The Labute approximate surface area is 258 Å². The topological polar surface area (TPSA) is 73.2 Å². The number of allylic oxidation sites excluding steroid dienone is 1. The van der Waals surface area contributed by atoms with Crippen molar-refractivity contribution >= 4 is 28.5 Å². The molecule has 44 heavy (non-hydrogen) atoms. The van der Waals surface area contributed by atoms with E-state index in [1.54, 1.807) is 13.2 Å². The van der Waals surface area contributed by atoms with Crippen LogP contribution in [-0.2, 0) is 11.3 Å². The smallest absolute Gasteiger partial charge is 0.335 e. The van der Waals surface area contributed by atoms with Crippen molar-refractivity contribution in [2.24, 2.45) is 0 Å². The van der Waals surface area contributed by atoms with Gasteiger partial charge in [-0.2, -0.15) is 0 Å². The molecule has 7 rings (SSSR count). The molecule has 228 valence electrons. The summed E-state index contributed by atoms with van der Waals surface area (Å²) in [5.41, 5.74) is 8.36. The van der Waals surface area contributed by atoms with Gasteiger partial charge in [0.1, 0.15) is 18.1 Å². The maximum absolute atomic E-state index is 12.1. The molecule has 3 aliphatic rings. The second kappa shape index (κ2) is 12.5. The van der Waals surface area contributed by atoms with Gasteiger partial charge in [0.2, 0.25) is 0 Å². The Morgan fingerprint density at radius 3 is 2.61 bits per heavy atom. The molecule has 0 unspecified atom stereocenters. The Kier molecular flexibility index (Phi) is 8.15. The van der Waals surface area contributed by atoms with Crippen LogP contribution in [0.3, 0.4) is 0 Å². The number of fused-ring (bicyclic) bond motifs is 5. The van der Waals surface area contributed by atoms with Gasteiger partial charge in [0.25, 0.3) is 0 Å². The molecule has 0 spiro atoms. The zero-order valence-electron chi connectivity index (χ0n) is 25.4. The van der Waals surface area contributed by atoms with Crippen molar-refractivity contribution in [2.45, 2.75) is 44.6 Å². The summed E-state index contributed by atoms with van der Waals surface area (Å²) in [6.07, 6.45) is 8.31. The summed E-state index contributed by atoms with van der Waals surface area (Å²) in [6.45, 7) is 5.56. The molecule has 3 aromatic carbocycles. The molecule has 2 fully saturated rings. The SMILES string of the molecule is COc1ccc2c(c1)C=C(c1cccc(OCCN3CCOCC3)c1)Cn1c-2c(C2CCCCC2)c2ccc(C(=O)O)cc21. The Morgan fingerprint density at radius 1 is 0.977 bits per heavy atom. The highest BCUT2D eigenvalue weighted by atomic mass is 16.5. The van der Waals surface area contributed by atoms with E-state index in [0.29, 0.717) is 24.6 Å². The number of aromatic nitrogens is 1. The Morgan fingerprint density at radius 2 is 1.82 bits per heavy atom. The lowest BCUT2D eigenvalue weighted by atomic mass is 9.81. The quantitative estimate of drug-likeness (QED) is 0.231. The van der Waals surface area contributed by atoms with Gasteiger partial charge in [0, 0.05) is 42.6 Å². The molecule has 1 saturated heterocycles. The van der Waals surface area contributed by atoms with Crippen LogP contribution in [0.4, 0.5) is 0 Å². The number of carboxylic acid groups (broad SMARTS) is 1. The molecule has 1 saturated carbocycles. The van der Waals surface area contributed by atoms with Crippen LogP contribution >= 0.6 is 0 Å². The van der Waals surface area contributed by atoms with Crippen molar-refractivity contribution in [1.29, 1.82) is 0 Å². The van der Waals surface area contributed by atoms with Gasteiger partial charge in [-0.25, -0.2) is 4.79 Å². The maximum atomic E-state index is 12.1. The fourth-order valence-corrected chi connectivity index (χ4v) is 7.25. The first-order valence-corrected chi connectivity index (χ1v) is 15.9. The van der Waals surface area contributed by atoms with Crippen LogP contribution in [0.25, 0.3) is 33.8 Å². The van der Waals surface area contributed by atoms with E-state index in [2.05, 4.69) is 45.9 Å². The van der Waals surface area contributed by atoms with Crippen LogP contribution in [0.5, 0.6) is 11.5 Å². The van der Waals surface area contributed by atoms with E-state index in [0.717, 1.165) is 85.0 Å². The number of hydrogen-bond donors (Lipinski definition) is 1. The van der Waals surface area contributed by atoms with E-state index < -0.39 is 5.97 Å². The molecule has 0 atom stereocenters. The molecule has 1 aromatic heterocycles. The molecule has 7 heteroatoms. The van der Waals surface area contributed by atoms with E-state index in [4.69, 9.17) is 14.2 Å². The van der Waals surface area contributed by atoms with Crippen LogP contribution < -0.4 is 9.47 Å². The number of carbonyl (C=O) groups is 1. The van der Waals surface area contributed by atoms with Gasteiger partial charge in [0.15, 0.2) is 0 Å². The van der Waals surface area contributed by atoms with Crippen LogP contribution in [0.1, 0.15) is 65.1 Å². The largest absolute Gasteiger partial charge is 0.497 e. The summed E-state index contributed by atoms with van der Waals surface area (Å²) in [6, 6.07) is 20.4. The zero-order valence-corrected chi connectivity index (χ0v) is 25.4. The lowest BCUT2D eigenvalue weighted by Crippen LogP contribution is -2.38. The number of aromatic carboxylic acids is 1. The number of morpholine rings is 1. The van der Waals surface area contributed by atoms with Crippen molar-refractivity contribution in [1.82, 2.24) is 9.47 Å². The lowest BCUT2D eigenvalue weighted by molar-refractivity contribution is 0.0322. The molecule has 0 bridgehead atoms. The van der Waals surface area contributed by atoms with Gasteiger partial charge in [0.05, 0.1) is 31.6 Å². The third kappa shape index (κ3) is 5.62. The monoisotopic (exact) mass is 592 g/mol. The Hall–Kier alpha value is -4.07. The first-order valence-electron chi connectivity index (χ1n) is 15.9. The third-order valence-corrected chi connectivity index (χ3v) is 9.52. The van der Waals surface area contributed by atoms with Gasteiger partial charge >= 0.3 is 5.97 Å². The second-order valence-electron chi connectivity index (χ2n) is 12.2. The number of carboxylic acids is 1. The molecular weight excluding hydrogens is 552 g/mol. The van der Waals surface area contributed by atoms with Gasteiger partial charge in [-0.15, -0.1) is 0 Å². The van der Waals surface area contributed by atoms with Crippen LogP contribution in [0.15, 0.2) is 60.7 Å². The molecule has 0 radical (unpaired) electrons. The first-order chi connectivity index (χ1) is 21.6. The zero-order chi connectivity index (χ0) is 30.0. The minimum absolute atomic E-state index is 0.313. The Balaban J connectivity index is 1.33. The second-order valence-corrected chi connectivity index (χ2v) is 12.2. The van der Waals surface area contributed by atoms with Crippen molar-refractivity contribution < 1.29 is 24.1 Å². The standard InChI is InChI=1S/C37H40N2O5/c1-42-30-11-13-32-28(22-30)20-29(26-8-5-9-31(21-26)44-19-16-38-14-17-43-18-15-38)24-39-34-23-27(37(40)41)10-12-33(34)35(36(32)39)25-6-3-2-4-7-25/h5,8-13,20-23,25H,2-4,6-7,14-19,24H2,1H3,(H,40,41). The third-order valence-electron chi connectivity index (χ3n) is 9.52. The number of methoxy groups -OCH3 is 1. The molecule has 0 amide bonds. The molecule has 1 aliphatic carbocycles. The average molecular weight is 593 g/mol. The summed E-state index contributed by atoms with van der Waals surface area (Å²) in [5.74, 6) is 1.20. The van der Waals surface area contributed by atoms with Crippen LogP contribution in [-0.4, -0.2) is 67.1 Å². The number of ether oxygens (including phenoxy) is 3. The lowest BCUT2D eigenvalue weighted by Gasteiger charge is -2.26. The van der Waals surface area contributed by atoms with E-state index in [9.17, 15) is 9.90 Å². The highest BCUT2D eigenvalue weighted by Crippen LogP contribution is 2.47. The van der Waals surface area contributed by atoms with E-state index in [1.165, 1.54) is 35.9 Å². The summed E-state index contributed by atoms with van der Waals surface area (Å²) in [7, 11) is 1.71. The predicted molar refractivity (Wildman–Crippen MR) is 174 cm³/mol. The molecule has 7 nitrogen and oxygen atoms in total. The van der Waals surface area contributed by atoms with E-state index >= 15 is 0 Å². The van der Waals surface area contributed by atoms with Crippen molar-refractivity contribution in [3.8, 4) is 22.8 Å². The Bertz CT molecular complexity index is 1710. The molecule has 3 heterocycles. The fraction of sp³-hybridized carbons (Fsp3) is 0.378. The summed E-state index contributed by atoms with van der Waals surface area (Å²) in [4.78, 5) is 14.5. The highest BCUT2D eigenvalue weighted by molar-refractivity contribution is 6.01. The minimum Gasteiger partial charge on any atom is -0.497 e. The molecule has 2 aliphatic heterocycles. The highest BCUT2D eigenvalue weighted by Gasteiger charge is 2.30.